The van der Waals surface area contributed by atoms with Crippen molar-refractivity contribution in [3.05, 3.63) is 59.7 Å². The normalized spacial score (nSPS) is 20.0. The molecular weight excluding hydrogens is 769 g/mol. The SMILES string of the molecule is CCCCCCCCOC(=O)C[C@@H](Oc1ccc([C@H]2CC[C@H](CCCCC)CC2)cc1)[C@@H](CC(=O)OCCCCCCCC)Oc1ccc([C@H]2CC[C@H](CCCCC)CC2)cc1. The highest BCUT2D eigenvalue weighted by Gasteiger charge is 2.32. The van der Waals surface area contributed by atoms with Crippen LogP contribution in [0.2, 0.25) is 0 Å². The Morgan fingerprint density at radius 3 is 1.11 bits per heavy atom. The Hall–Kier alpha value is -3.02. The van der Waals surface area contributed by atoms with E-state index in [1.165, 1.54) is 152 Å². The first-order valence-corrected chi connectivity index (χ1v) is 26.3. The number of carbonyl (C=O) groups is 2. The Kier molecular flexibility index (Phi) is 26.4. The standard InChI is InChI=1S/C56H90O6/c1-5-9-13-15-17-21-41-59-55(57)43-53(61-51-37-33-49(34-38-51)47-29-25-45(26-30-47)23-19-11-7-3)54(44-56(58)60-42-22-18-16-14-10-6-2)62-52-39-35-50(36-40-52)48-31-27-46(28-32-48)24-20-12-8-4/h33-40,45-48,53-54H,5-32,41-44H2,1-4H3/t45-,46-,47-,48-,53-,54-/m1/s1. The van der Waals surface area contributed by atoms with E-state index < -0.39 is 12.2 Å². The number of ether oxygens (including phenoxy) is 4. The number of benzene rings is 2. The van der Waals surface area contributed by atoms with Crippen LogP contribution < -0.4 is 9.47 Å². The minimum absolute atomic E-state index is 0.0193. The first-order chi connectivity index (χ1) is 30.4. The van der Waals surface area contributed by atoms with Crippen molar-refractivity contribution in [2.45, 2.75) is 244 Å². The molecule has 2 atom stereocenters. The summed E-state index contributed by atoms with van der Waals surface area (Å²) in [6.07, 6.45) is 32.8. The largest absolute Gasteiger partial charge is 0.486 e. The lowest BCUT2D eigenvalue weighted by Crippen LogP contribution is -2.40. The van der Waals surface area contributed by atoms with Gasteiger partial charge >= 0.3 is 11.9 Å². The third-order valence-corrected chi connectivity index (χ3v) is 14.1. The van der Waals surface area contributed by atoms with Gasteiger partial charge in [0.1, 0.15) is 23.7 Å². The highest BCUT2D eigenvalue weighted by atomic mass is 16.6. The molecule has 6 nitrogen and oxygen atoms in total. The van der Waals surface area contributed by atoms with Crippen molar-refractivity contribution >= 4 is 11.9 Å². The summed E-state index contributed by atoms with van der Waals surface area (Å²) < 4.78 is 25.0. The topological polar surface area (TPSA) is 71.1 Å². The van der Waals surface area contributed by atoms with Crippen molar-refractivity contribution in [3.8, 4) is 11.5 Å². The Bertz CT molecular complexity index is 1310. The molecule has 6 heteroatoms. The van der Waals surface area contributed by atoms with Crippen molar-refractivity contribution in [1.29, 1.82) is 0 Å². The van der Waals surface area contributed by atoms with Gasteiger partial charge in [0.05, 0.1) is 26.1 Å². The number of carbonyl (C=O) groups excluding carboxylic acids is 2. The smallest absolute Gasteiger partial charge is 0.309 e. The summed E-state index contributed by atoms with van der Waals surface area (Å²) in [7, 11) is 0. The zero-order valence-electron chi connectivity index (χ0n) is 40.2. The molecule has 0 radical (unpaired) electrons. The van der Waals surface area contributed by atoms with Gasteiger partial charge in [-0.1, -0.05) is 168 Å². The van der Waals surface area contributed by atoms with Gasteiger partial charge in [-0.3, -0.25) is 9.59 Å². The fraction of sp³-hybridized carbons (Fsp3) is 0.750. The quantitative estimate of drug-likeness (QED) is 0.0526. The van der Waals surface area contributed by atoms with Gasteiger partial charge in [0.25, 0.3) is 0 Å². The van der Waals surface area contributed by atoms with E-state index in [-0.39, 0.29) is 24.8 Å². The van der Waals surface area contributed by atoms with E-state index in [9.17, 15) is 9.59 Å². The van der Waals surface area contributed by atoms with Crippen LogP contribution in [0.15, 0.2) is 48.5 Å². The minimum Gasteiger partial charge on any atom is -0.486 e. The molecule has 4 rings (SSSR count). The Morgan fingerprint density at radius 1 is 0.435 bits per heavy atom. The summed E-state index contributed by atoms with van der Waals surface area (Å²) in [6, 6.07) is 17.0. The fourth-order valence-corrected chi connectivity index (χ4v) is 10.0. The van der Waals surface area contributed by atoms with E-state index in [4.69, 9.17) is 18.9 Å². The van der Waals surface area contributed by atoms with Crippen molar-refractivity contribution < 1.29 is 28.5 Å². The van der Waals surface area contributed by atoms with Crippen LogP contribution in [0.5, 0.6) is 11.5 Å². The predicted molar refractivity (Wildman–Crippen MR) is 257 cm³/mol. The second-order valence-electron chi connectivity index (χ2n) is 19.3. The first kappa shape index (κ1) is 51.6. The van der Waals surface area contributed by atoms with Crippen LogP contribution in [-0.4, -0.2) is 37.4 Å². The first-order valence-electron chi connectivity index (χ1n) is 26.3. The van der Waals surface area contributed by atoms with E-state index in [1.54, 1.807) is 0 Å². The second-order valence-corrected chi connectivity index (χ2v) is 19.3. The molecule has 0 amide bonds. The average molecular weight is 859 g/mol. The maximum absolute atomic E-state index is 13.6. The average Bonchev–Trinajstić information content (AvgIpc) is 3.29. The highest BCUT2D eigenvalue weighted by molar-refractivity contribution is 5.72. The Labute approximate surface area is 379 Å². The number of unbranched alkanes of at least 4 members (excludes halogenated alkanes) is 14. The number of rotatable bonds is 33. The molecule has 2 fully saturated rings. The number of hydrogen-bond donors (Lipinski definition) is 0. The zero-order valence-corrected chi connectivity index (χ0v) is 40.2. The van der Waals surface area contributed by atoms with Crippen molar-refractivity contribution in [1.82, 2.24) is 0 Å². The van der Waals surface area contributed by atoms with Crippen molar-refractivity contribution in [2.24, 2.45) is 11.8 Å². The van der Waals surface area contributed by atoms with Crippen LogP contribution >= 0.6 is 0 Å². The van der Waals surface area contributed by atoms with E-state index in [1.807, 2.05) is 24.3 Å². The van der Waals surface area contributed by atoms with Gasteiger partial charge in [-0.15, -0.1) is 0 Å². The van der Waals surface area contributed by atoms with Crippen LogP contribution in [0.3, 0.4) is 0 Å². The molecule has 0 spiro atoms. The van der Waals surface area contributed by atoms with Gasteiger partial charge in [-0.05, 0) is 123 Å². The Balaban J connectivity index is 1.46. The van der Waals surface area contributed by atoms with Crippen LogP contribution in [0.1, 0.15) is 243 Å². The summed E-state index contributed by atoms with van der Waals surface area (Å²) in [6.45, 7) is 9.79. The summed E-state index contributed by atoms with van der Waals surface area (Å²) in [4.78, 5) is 27.1. The second kappa shape index (κ2) is 31.8. The summed E-state index contributed by atoms with van der Waals surface area (Å²) in [5, 5.41) is 0. The summed E-state index contributed by atoms with van der Waals surface area (Å²) >= 11 is 0. The lowest BCUT2D eigenvalue weighted by Gasteiger charge is -2.30. The van der Waals surface area contributed by atoms with E-state index >= 15 is 0 Å². The molecule has 0 aliphatic heterocycles. The van der Waals surface area contributed by atoms with Gasteiger partial charge in [-0.25, -0.2) is 0 Å². The van der Waals surface area contributed by atoms with Crippen LogP contribution in [0.4, 0.5) is 0 Å². The molecule has 2 aromatic rings. The molecule has 0 heterocycles. The molecule has 0 N–H and O–H groups in total. The van der Waals surface area contributed by atoms with Crippen LogP contribution in [0.25, 0.3) is 0 Å². The van der Waals surface area contributed by atoms with Gasteiger partial charge in [0.15, 0.2) is 0 Å². The third-order valence-electron chi connectivity index (χ3n) is 14.1. The fourth-order valence-electron chi connectivity index (χ4n) is 10.0. The predicted octanol–water partition coefficient (Wildman–Crippen LogP) is 16.2. The van der Waals surface area contributed by atoms with E-state index in [2.05, 4.69) is 52.0 Å². The molecule has 2 aromatic carbocycles. The molecule has 0 bridgehead atoms. The molecule has 62 heavy (non-hydrogen) atoms. The van der Waals surface area contributed by atoms with Gasteiger partial charge in [-0.2, -0.15) is 0 Å². The maximum atomic E-state index is 13.6. The molecule has 2 saturated carbocycles. The Morgan fingerprint density at radius 2 is 0.758 bits per heavy atom. The molecule has 0 aromatic heterocycles. The van der Waals surface area contributed by atoms with Crippen molar-refractivity contribution in [3.63, 3.8) is 0 Å². The molecule has 0 unspecified atom stereocenters. The molecule has 2 aliphatic carbocycles. The maximum Gasteiger partial charge on any atom is 0.309 e. The van der Waals surface area contributed by atoms with Crippen LogP contribution in [0, 0.1) is 11.8 Å². The van der Waals surface area contributed by atoms with E-state index in [0.29, 0.717) is 36.5 Å². The van der Waals surface area contributed by atoms with Gasteiger partial charge < -0.3 is 18.9 Å². The van der Waals surface area contributed by atoms with E-state index in [0.717, 1.165) is 50.4 Å². The lowest BCUT2D eigenvalue weighted by molar-refractivity contribution is -0.151. The molecule has 2 aliphatic rings. The lowest BCUT2D eigenvalue weighted by atomic mass is 9.77. The molecular formula is C56H90O6. The summed E-state index contributed by atoms with van der Waals surface area (Å²) in [5.74, 6) is 3.56. The summed E-state index contributed by atoms with van der Waals surface area (Å²) in [5.41, 5.74) is 2.71. The van der Waals surface area contributed by atoms with Gasteiger partial charge in [0.2, 0.25) is 0 Å². The number of esters is 2. The number of hydrogen-bond acceptors (Lipinski definition) is 6. The molecule has 0 saturated heterocycles. The monoisotopic (exact) mass is 859 g/mol. The van der Waals surface area contributed by atoms with Crippen molar-refractivity contribution in [2.75, 3.05) is 13.2 Å². The van der Waals surface area contributed by atoms with Gasteiger partial charge in [0, 0.05) is 0 Å². The van der Waals surface area contributed by atoms with Crippen LogP contribution in [-0.2, 0) is 19.1 Å². The highest BCUT2D eigenvalue weighted by Crippen LogP contribution is 2.40. The molecule has 350 valence electrons. The zero-order chi connectivity index (χ0) is 44.0. The third kappa shape index (κ3) is 20.7. The minimum atomic E-state index is -0.749.